The molecule has 0 radical (unpaired) electrons. The van der Waals surface area contributed by atoms with Crippen molar-refractivity contribution in [3.8, 4) is 0 Å². The number of nitrogens with zero attached hydrogens (tertiary/aromatic N) is 3. The van der Waals surface area contributed by atoms with Gasteiger partial charge >= 0.3 is 0 Å². The molecule has 5 nitrogen and oxygen atoms in total. The Balaban J connectivity index is 1.70. The molecule has 1 saturated carbocycles. The van der Waals surface area contributed by atoms with Gasteiger partial charge in [-0.05, 0) is 56.6 Å². The van der Waals surface area contributed by atoms with Gasteiger partial charge in [0.05, 0.1) is 0 Å². The van der Waals surface area contributed by atoms with Crippen molar-refractivity contribution in [2.75, 3.05) is 25.0 Å². The van der Waals surface area contributed by atoms with Crippen LogP contribution in [-0.2, 0) is 10.0 Å². The molecule has 0 bridgehead atoms. The SMILES string of the molecule is CC1CCC(N(C)c2ccc(S(=O)(=O)N3CCCCC3)cn2)CC1. The minimum Gasteiger partial charge on any atom is -0.357 e. The smallest absolute Gasteiger partial charge is 0.244 e. The van der Waals surface area contributed by atoms with Gasteiger partial charge in [0.1, 0.15) is 10.7 Å². The minimum absolute atomic E-state index is 0.318. The number of hydrogen-bond donors (Lipinski definition) is 0. The average molecular weight is 352 g/mol. The standard InChI is InChI=1S/C18H29N3O2S/c1-15-6-8-16(9-7-15)20(2)18-11-10-17(14-19-18)24(22,23)21-12-4-3-5-13-21/h10-11,14-16H,3-9,12-13H2,1-2H3. The van der Waals surface area contributed by atoms with E-state index in [9.17, 15) is 8.42 Å². The Bertz CT molecular complexity index is 631. The molecule has 1 aromatic rings. The Morgan fingerprint density at radius 3 is 2.33 bits per heavy atom. The zero-order chi connectivity index (χ0) is 17.2. The molecule has 0 N–H and O–H groups in total. The Labute approximate surface area is 146 Å². The molecule has 0 unspecified atom stereocenters. The second kappa shape index (κ2) is 7.40. The van der Waals surface area contributed by atoms with E-state index in [4.69, 9.17) is 0 Å². The fourth-order valence-corrected chi connectivity index (χ4v) is 5.27. The first-order valence-corrected chi connectivity index (χ1v) is 10.6. The first-order chi connectivity index (χ1) is 11.5. The summed E-state index contributed by atoms with van der Waals surface area (Å²) in [6.45, 7) is 3.57. The maximum Gasteiger partial charge on any atom is 0.244 e. The van der Waals surface area contributed by atoms with Crippen molar-refractivity contribution < 1.29 is 8.42 Å². The van der Waals surface area contributed by atoms with Gasteiger partial charge in [0.15, 0.2) is 0 Å². The summed E-state index contributed by atoms with van der Waals surface area (Å²) >= 11 is 0. The summed E-state index contributed by atoms with van der Waals surface area (Å²) in [5.74, 6) is 1.69. The molecule has 2 fully saturated rings. The maximum absolute atomic E-state index is 12.7. The lowest BCUT2D eigenvalue weighted by Crippen LogP contribution is -2.36. The Morgan fingerprint density at radius 1 is 1.08 bits per heavy atom. The van der Waals surface area contributed by atoms with E-state index in [1.54, 1.807) is 10.4 Å². The number of sulfonamides is 1. The molecule has 2 aliphatic rings. The van der Waals surface area contributed by atoms with Crippen LogP contribution in [0.15, 0.2) is 23.2 Å². The number of hydrogen-bond acceptors (Lipinski definition) is 4. The second-order valence-electron chi connectivity index (χ2n) is 7.34. The van der Waals surface area contributed by atoms with E-state index in [0.717, 1.165) is 31.0 Å². The van der Waals surface area contributed by atoms with Crippen molar-refractivity contribution in [3.05, 3.63) is 18.3 Å². The van der Waals surface area contributed by atoms with Crippen LogP contribution in [0.3, 0.4) is 0 Å². The third-order valence-electron chi connectivity index (χ3n) is 5.57. The highest BCUT2D eigenvalue weighted by Gasteiger charge is 2.27. The molecule has 134 valence electrons. The molecule has 2 heterocycles. The van der Waals surface area contributed by atoms with Crippen LogP contribution in [0.5, 0.6) is 0 Å². The molecule has 1 aliphatic carbocycles. The van der Waals surface area contributed by atoms with Gasteiger partial charge in [-0.1, -0.05) is 13.3 Å². The molecular formula is C18H29N3O2S. The fourth-order valence-electron chi connectivity index (χ4n) is 3.80. The van der Waals surface area contributed by atoms with Crippen molar-refractivity contribution in [2.24, 2.45) is 5.92 Å². The molecule has 3 rings (SSSR count). The monoisotopic (exact) mass is 351 g/mol. The van der Waals surface area contributed by atoms with Crippen LogP contribution in [0.4, 0.5) is 5.82 Å². The lowest BCUT2D eigenvalue weighted by Gasteiger charge is -2.34. The molecular weight excluding hydrogens is 322 g/mol. The van der Waals surface area contributed by atoms with Gasteiger partial charge in [-0.25, -0.2) is 13.4 Å². The molecule has 1 aliphatic heterocycles. The summed E-state index contributed by atoms with van der Waals surface area (Å²) in [5.41, 5.74) is 0. The summed E-state index contributed by atoms with van der Waals surface area (Å²) < 4.78 is 27.0. The molecule has 1 saturated heterocycles. The van der Waals surface area contributed by atoms with E-state index >= 15 is 0 Å². The van der Waals surface area contributed by atoms with Crippen LogP contribution in [0, 0.1) is 5.92 Å². The van der Waals surface area contributed by atoms with E-state index < -0.39 is 10.0 Å². The number of rotatable bonds is 4. The number of anilines is 1. The summed E-state index contributed by atoms with van der Waals surface area (Å²) in [5, 5.41) is 0. The average Bonchev–Trinajstić information content (AvgIpc) is 2.62. The van der Waals surface area contributed by atoms with Gasteiger partial charge in [0.2, 0.25) is 10.0 Å². The number of aromatic nitrogens is 1. The molecule has 0 amide bonds. The van der Waals surface area contributed by atoms with Gasteiger partial charge < -0.3 is 4.90 Å². The summed E-state index contributed by atoms with van der Waals surface area (Å²) in [7, 11) is -1.31. The van der Waals surface area contributed by atoms with Crippen LogP contribution < -0.4 is 4.90 Å². The van der Waals surface area contributed by atoms with Crippen LogP contribution in [0.2, 0.25) is 0 Å². The zero-order valence-electron chi connectivity index (χ0n) is 14.8. The number of pyridine rings is 1. The fraction of sp³-hybridized carbons (Fsp3) is 0.722. The summed E-state index contributed by atoms with van der Waals surface area (Å²) in [4.78, 5) is 6.98. The highest BCUT2D eigenvalue weighted by Crippen LogP contribution is 2.29. The minimum atomic E-state index is -3.38. The Hall–Kier alpha value is -1.14. The molecule has 0 spiro atoms. The lowest BCUT2D eigenvalue weighted by atomic mass is 9.87. The first kappa shape index (κ1) is 17.7. The summed E-state index contributed by atoms with van der Waals surface area (Å²) in [6.07, 6.45) is 9.45. The lowest BCUT2D eigenvalue weighted by molar-refractivity contribution is 0.340. The zero-order valence-corrected chi connectivity index (χ0v) is 15.6. The van der Waals surface area contributed by atoms with Crippen LogP contribution in [0.1, 0.15) is 51.9 Å². The van der Waals surface area contributed by atoms with Gasteiger partial charge in [0.25, 0.3) is 0 Å². The maximum atomic E-state index is 12.7. The van der Waals surface area contributed by atoms with Crippen molar-refractivity contribution in [1.82, 2.24) is 9.29 Å². The van der Waals surface area contributed by atoms with Gasteiger partial charge in [-0.2, -0.15) is 4.31 Å². The van der Waals surface area contributed by atoms with Crippen molar-refractivity contribution >= 4 is 15.8 Å². The third-order valence-corrected chi connectivity index (χ3v) is 7.45. The highest BCUT2D eigenvalue weighted by atomic mass is 32.2. The van der Waals surface area contributed by atoms with Crippen molar-refractivity contribution in [3.63, 3.8) is 0 Å². The quantitative estimate of drug-likeness (QED) is 0.835. The molecule has 24 heavy (non-hydrogen) atoms. The number of piperidine rings is 1. The first-order valence-electron chi connectivity index (χ1n) is 9.17. The predicted molar refractivity (Wildman–Crippen MR) is 96.7 cm³/mol. The molecule has 1 aromatic heterocycles. The van der Waals surface area contributed by atoms with Crippen molar-refractivity contribution in [2.45, 2.75) is 62.8 Å². The molecule has 0 aromatic carbocycles. The van der Waals surface area contributed by atoms with E-state index in [1.807, 2.05) is 6.07 Å². The van der Waals surface area contributed by atoms with Crippen LogP contribution in [0.25, 0.3) is 0 Å². The van der Waals surface area contributed by atoms with E-state index in [2.05, 4.69) is 23.9 Å². The molecule has 6 heteroatoms. The van der Waals surface area contributed by atoms with E-state index in [-0.39, 0.29) is 0 Å². The topological polar surface area (TPSA) is 53.5 Å². The Kier molecular flexibility index (Phi) is 5.45. The Morgan fingerprint density at radius 2 is 1.75 bits per heavy atom. The normalized spacial score (nSPS) is 26.2. The largest absolute Gasteiger partial charge is 0.357 e. The predicted octanol–water partition coefficient (Wildman–Crippen LogP) is 3.27. The van der Waals surface area contributed by atoms with E-state index in [0.29, 0.717) is 24.0 Å². The third kappa shape index (κ3) is 3.75. The molecule has 0 atom stereocenters. The van der Waals surface area contributed by atoms with Crippen LogP contribution >= 0.6 is 0 Å². The van der Waals surface area contributed by atoms with Gasteiger partial charge in [-0.15, -0.1) is 0 Å². The van der Waals surface area contributed by atoms with Crippen molar-refractivity contribution in [1.29, 1.82) is 0 Å². The second-order valence-corrected chi connectivity index (χ2v) is 9.28. The van der Waals surface area contributed by atoms with Gasteiger partial charge in [0, 0.05) is 32.4 Å². The van der Waals surface area contributed by atoms with E-state index in [1.165, 1.54) is 31.9 Å². The highest BCUT2D eigenvalue weighted by molar-refractivity contribution is 7.89. The summed E-state index contributed by atoms with van der Waals surface area (Å²) in [6, 6.07) is 4.08. The van der Waals surface area contributed by atoms with Crippen LogP contribution in [-0.4, -0.2) is 43.9 Å². The van der Waals surface area contributed by atoms with Gasteiger partial charge in [-0.3, -0.25) is 0 Å².